The van der Waals surface area contributed by atoms with Crippen molar-refractivity contribution in [3.05, 3.63) is 0 Å². The van der Waals surface area contributed by atoms with Gasteiger partial charge in [-0.05, 0) is 52.5 Å². The third kappa shape index (κ3) is 17.0. The summed E-state index contributed by atoms with van der Waals surface area (Å²) in [5, 5.41) is 21.0. The molecule has 0 heterocycles. The normalized spacial score (nSPS) is 14.7. The predicted octanol–water partition coefficient (Wildman–Crippen LogP) is -5.15. The first-order chi connectivity index (χ1) is 21.0. The number of primary amides is 1. The van der Waals surface area contributed by atoms with Gasteiger partial charge in [0.25, 0.3) is 0 Å². The summed E-state index contributed by atoms with van der Waals surface area (Å²) in [5.74, 6) is -6.80. The van der Waals surface area contributed by atoms with Gasteiger partial charge in [-0.1, -0.05) is 0 Å². The Morgan fingerprint density at radius 2 is 1.18 bits per heavy atom. The number of rotatable bonds is 22. The van der Waals surface area contributed by atoms with Gasteiger partial charge in [0.2, 0.25) is 35.4 Å². The standard InChI is InChI=1S/C25H47N11O8S/c1-12(27)19(38)33-14(6-3-4-8-26)21(40)36-17(11-45)23(42)34-15(7-5-9-31-25(29)30)20(39)35-16(10-18(28)37)22(41)32-13(2)24(43)44/h12-17,45H,3-11,26-27H2,1-2H3,(H2,28,37)(H,32,41)(H,33,38)(H,34,42)(H,35,39)(H,36,40)(H,43,44)(H4,29,30,31)/t12-,13-,14-,15-,16-,17-/m0/s1. The van der Waals surface area contributed by atoms with Crippen LogP contribution in [0.4, 0.5) is 0 Å². The highest BCUT2D eigenvalue weighted by Gasteiger charge is 2.32. The molecular formula is C25H47N11O8S. The summed E-state index contributed by atoms with van der Waals surface area (Å²) in [6, 6.07) is -7.48. The number of unbranched alkanes of at least 4 members (excludes halogenated alkanes) is 1. The second-order valence-corrected chi connectivity index (χ2v) is 10.6. The quantitative estimate of drug-likeness (QED) is 0.0224. The molecule has 0 saturated heterocycles. The van der Waals surface area contributed by atoms with E-state index in [9.17, 15) is 33.6 Å². The summed E-state index contributed by atoms with van der Waals surface area (Å²) >= 11 is 4.14. The molecule has 256 valence electrons. The number of guanidine groups is 1. The van der Waals surface area contributed by atoms with Crippen LogP contribution in [0.25, 0.3) is 0 Å². The molecule has 0 aliphatic heterocycles. The van der Waals surface area contributed by atoms with Gasteiger partial charge in [-0.15, -0.1) is 0 Å². The van der Waals surface area contributed by atoms with Gasteiger partial charge in [-0.3, -0.25) is 38.6 Å². The van der Waals surface area contributed by atoms with Crippen LogP contribution in [0.15, 0.2) is 4.99 Å². The Morgan fingerprint density at radius 3 is 1.64 bits per heavy atom. The van der Waals surface area contributed by atoms with Gasteiger partial charge in [0.1, 0.15) is 30.2 Å². The van der Waals surface area contributed by atoms with Crippen LogP contribution < -0.4 is 55.3 Å². The van der Waals surface area contributed by atoms with Crippen molar-refractivity contribution in [1.29, 1.82) is 0 Å². The van der Waals surface area contributed by atoms with Gasteiger partial charge in [0.15, 0.2) is 5.96 Å². The monoisotopic (exact) mass is 661 g/mol. The number of nitrogens with one attached hydrogen (secondary N) is 5. The fraction of sp³-hybridized carbons (Fsp3) is 0.680. The van der Waals surface area contributed by atoms with Crippen LogP contribution in [0.1, 0.15) is 52.4 Å². The lowest BCUT2D eigenvalue weighted by Gasteiger charge is -2.26. The molecule has 0 rings (SSSR count). The maximum Gasteiger partial charge on any atom is 0.325 e. The van der Waals surface area contributed by atoms with Crippen LogP contribution in [0.5, 0.6) is 0 Å². The van der Waals surface area contributed by atoms with Crippen LogP contribution >= 0.6 is 12.6 Å². The minimum Gasteiger partial charge on any atom is -0.480 e. The molecule has 0 bridgehead atoms. The van der Waals surface area contributed by atoms with E-state index in [4.69, 9.17) is 33.8 Å². The number of aliphatic carboxylic acids is 1. The molecule has 0 unspecified atom stereocenters. The summed E-state index contributed by atoms with van der Waals surface area (Å²) in [6.45, 7) is 3.05. The highest BCUT2D eigenvalue weighted by atomic mass is 32.1. The third-order valence-electron chi connectivity index (χ3n) is 6.15. The van der Waals surface area contributed by atoms with Gasteiger partial charge in [0.05, 0.1) is 12.5 Å². The average Bonchev–Trinajstić information content (AvgIpc) is 2.95. The molecule has 6 amide bonds. The molecule has 19 nitrogen and oxygen atoms in total. The van der Waals surface area contributed by atoms with Crippen molar-refractivity contribution in [3.8, 4) is 0 Å². The van der Waals surface area contributed by atoms with Gasteiger partial charge >= 0.3 is 5.97 Å². The van der Waals surface area contributed by atoms with Crippen LogP contribution in [0.3, 0.4) is 0 Å². The minimum atomic E-state index is -1.57. The molecule has 0 radical (unpaired) electrons. The van der Waals surface area contributed by atoms with Crippen molar-refractivity contribution < 1.29 is 38.7 Å². The van der Waals surface area contributed by atoms with E-state index in [1.165, 1.54) is 13.8 Å². The minimum absolute atomic E-state index is 0.0653. The predicted molar refractivity (Wildman–Crippen MR) is 167 cm³/mol. The molecule has 0 fully saturated rings. The van der Waals surface area contributed by atoms with E-state index in [1.54, 1.807) is 0 Å². The molecule has 0 aliphatic rings. The summed E-state index contributed by atoms with van der Waals surface area (Å²) in [6.07, 6.45) is 0.714. The second kappa shape index (κ2) is 21.5. The van der Waals surface area contributed by atoms with Gasteiger partial charge in [-0.25, -0.2) is 0 Å². The number of aliphatic imine (C=N–C) groups is 1. The fourth-order valence-electron chi connectivity index (χ4n) is 3.63. The number of carboxylic acids is 1. The van der Waals surface area contributed by atoms with Gasteiger partial charge in [-0.2, -0.15) is 12.6 Å². The zero-order valence-corrected chi connectivity index (χ0v) is 26.3. The van der Waals surface area contributed by atoms with E-state index in [2.05, 4.69) is 44.2 Å². The van der Waals surface area contributed by atoms with E-state index in [-0.39, 0.29) is 37.5 Å². The molecule has 0 aromatic heterocycles. The Bertz CT molecular complexity index is 1070. The lowest BCUT2D eigenvalue weighted by Crippen LogP contribution is -2.59. The summed E-state index contributed by atoms with van der Waals surface area (Å²) in [5.41, 5.74) is 27.0. The molecule has 6 atom stereocenters. The topological polar surface area (TPSA) is 342 Å². The Balaban J connectivity index is 5.93. The fourth-order valence-corrected chi connectivity index (χ4v) is 3.89. The zero-order valence-electron chi connectivity index (χ0n) is 25.4. The lowest BCUT2D eigenvalue weighted by molar-refractivity contribution is -0.142. The van der Waals surface area contributed by atoms with Crippen LogP contribution in [0.2, 0.25) is 0 Å². The average molecular weight is 662 g/mol. The van der Waals surface area contributed by atoms with Crippen molar-refractivity contribution >= 4 is 60.0 Å². The van der Waals surface area contributed by atoms with E-state index < -0.39 is 84.1 Å². The molecule has 0 aromatic rings. The smallest absolute Gasteiger partial charge is 0.325 e. The molecule has 0 spiro atoms. The highest BCUT2D eigenvalue weighted by molar-refractivity contribution is 7.80. The second-order valence-electron chi connectivity index (χ2n) is 10.2. The molecule has 0 saturated carbocycles. The van der Waals surface area contributed by atoms with Crippen LogP contribution in [0, 0.1) is 0 Å². The molecule has 45 heavy (non-hydrogen) atoms. The van der Waals surface area contributed by atoms with Crippen molar-refractivity contribution in [2.75, 3.05) is 18.8 Å². The van der Waals surface area contributed by atoms with Crippen molar-refractivity contribution in [1.82, 2.24) is 26.6 Å². The van der Waals surface area contributed by atoms with Crippen LogP contribution in [-0.4, -0.2) is 108 Å². The van der Waals surface area contributed by atoms with Gasteiger partial charge in [0, 0.05) is 12.3 Å². The van der Waals surface area contributed by atoms with Crippen molar-refractivity contribution in [3.63, 3.8) is 0 Å². The molecule has 0 aromatic carbocycles. The molecular weight excluding hydrogens is 614 g/mol. The number of carboxylic acid groups (broad SMARTS) is 1. The summed E-state index contributed by atoms with van der Waals surface area (Å²) < 4.78 is 0. The van der Waals surface area contributed by atoms with E-state index in [1.807, 2.05) is 0 Å². The number of nitrogens with two attached hydrogens (primary N) is 5. The van der Waals surface area contributed by atoms with Gasteiger partial charge < -0.3 is 60.4 Å². The number of carbonyl (C=O) groups is 7. The number of carbonyl (C=O) groups excluding carboxylic acids is 6. The number of amides is 6. The zero-order chi connectivity index (χ0) is 34.7. The number of thiol groups is 1. The first-order valence-electron chi connectivity index (χ1n) is 14.2. The van der Waals surface area contributed by atoms with Crippen molar-refractivity contribution in [2.45, 2.75) is 88.6 Å². The van der Waals surface area contributed by atoms with E-state index in [0.29, 0.717) is 19.4 Å². The highest BCUT2D eigenvalue weighted by Crippen LogP contribution is 2.06. The Labute approximate surface area is 266 Å². The first kappa shape index (κ1) is 40.8. The Hall–Kier alpha value is -4.17. The van der Waals surface area contributed by atoms with Crippen LogP contribution in [-0.2, 0) is 33.6 Å². The molecule has 0 aliphatic carbocycles. The first-order valence-corrected chi connectivity index (χ1v) is 14.8. The maximum absolute atomic E-state index is 13.3. The lowest BCUT2D eigenvalue weighted by atomic mass is 10.1. The summed E-state index contributed by atoms with van der Waals surface area (Å²) in [4.78, 5) is 90.9. The number of hydrogen-bond donors (Lipinski definition) is 12. The summed E-state index contributed by atoms with van der Waals surface area (Å²) in [7, 11) is 0. The number of hydrogen-bond acceptors (Lipinski definition) is 11. The third-order valence-corrected chi connectivity index (χ3v) is 6.52. The molecule has 20 heteroatoms. The van der Waals surface area contributed by atoms with Crippen molar-refractivity contribution in [2.24, 2.45) is 33.7 Å². The SMILES string of the molecule is C[C@H](N)C(=O)N[C@@H](CCCCN)C(=O)N[C@@H](CS)C(=O)N[C@@H](CCCN=C(N)N)C(=O)N[C@@H](CC(N)=O)C(=O)N[C@@H](C)C(=O)O. The largest absolute Gasteiger partial charge is 0.480 e. The van der Waals surface area contributed by atoms with E-state index >= 15 is 0 Å². The van der Waals surface area contributed by atoms with E-state index in [0.717, 1.165) is 0 Å². The Morgan fingerprint density at radius 1 is 0.711 bits per heavy atom. The maximum atomic E-state index is 13.3. The molecule has 16 N–H and O–H groups in total. The number of nitrogens with zero attached hydrogens (tertiary/aromatic N) is 1. The Kier molecular flexibility index (Phi) is 19.5.